The molecule has 0 aliphatic carbocycles. The number of aliphatic hydroxyl groups excluding tert-OH is 1. The van der Waals surface area contributed by atoms with E-state index < -0.39 is 46.4 Å². The molecule has 0 bridgehead atoms. The maximum atomic E-state index is 14.8. The number of hydrogen-bond donors (Lipinski definition) is 2. The monoisotopic (exact) mass is 494 g/mol. The highest BCUT2D eigenvalue weighted by atomic mass is 32.1. The Morgan fingerprint density at radius 1 is 1.32 bits per heavy atom. The number of fused-ring (bicyclic) bond motifs is 1. The highest BCUT2D eigenvalue weighted by Gasteiger charge is 2.51. The van der Waals surface area contributed by atoms with Gasteiger partial charge in [-0.05, 0) is 56.4 Å². The fourth-order valence-corrected chi connectivity index (χ4v) is 4.46. The fraction of sp³-hybridized carbons (Fsp3) is 0.318. The molecule has 2 aliphatic rings. The summed E-state index contributed by atoms with van der Waals surface area (Å²) in [5.41, 5.74) is -3.34. The highest BCUT2D eigenvalue weighted by Crippen LogP contribution is 2.42. The summed E-state index contributed by atoms with van der Waals surface area (Å²) in [6.45, 7) is 3.18. The Morgan fingerprint density at radius 2 is 2.03 bits per heavy atom. The Labute approximate surface area is 197 Å². The van der Waals surface area contributed by atoms with Crippen molar-refractivity contribution in [2.45, 2.75) is 31.7 Å². The van der Waals surface area contributed by atoms with Crippen molar-refractivity contribution in [3.63, 3.8) is 0 Å². The van der Waals surface area contributed by atoms with Gasteiger partial charge in [-0.3, -0.25) is 9.69 Å². The lowest BCUT2D eigenvalue weighted by atomic mass is 10.0. The number of nitrogens with zero attached hydrogens (tertiary/aromatic N) is 3. The average Bonchev–Trinajstić information content (AvgIpc) is 2.95. The van der Waals surface area contributed by atoms with Crippen LogP contribution in [0.5, 0.6) is 5.75 Å². The topological polar surface area (TPSA) is 88.8 Å². The Kier molecular flexibility index (Phi) is 5.65. The lowest BCUT2D eigenvalue weighted by Gasteiger charge is -2.32. The summed E-state index contributed by atoms with van der Waals surface area (Å²) in [6, 6.07) is 7.05. The Balaban J connectivity index is 1.78. The number of amides is 1. The Bertz CT molecular complexity index is 1240. The van der Waals surface area contributed by atoms with E-state index in [1.54, 1.807) is 18.2 Å². The number of carbonyl (C=O) groups excluding carboxylic acids is 1. The molecule has 2 aliphatic heterocycles. The predicted octanol–water partition coefficient (Wildman–Crippen LogP) is 3.80. The van der Waals surface area contributed by atoms with E-state index in [2.05, 4.69) is 5.32 Å². The van der Waals surface area contributed by atoms with Gasteiger partial charge in [0.1, 0.15) is 23.2 Å². The second-order valence-electron chi connectivity index (χ2n) is 8.26. The smallest absolute Gasteiger partial charge is 0.417 e. The number of nitrogens with one attached hydrogen (secondary N) is 1. The van der Waals surface area contributed by atoms with Crippen LogP contribution in [0.4, 0.5) is 34.6 Å². The van der Waals surface area contributed by atoms with Gasteiger partial charge in [0.15, 0.2) is 5.11 Å². The van der Waals surface area contributed by atoms with Gasteiger partial charge in [0.05, 0.1) is 41.7 Å². The summed E-state index contributed by atoms with van der Waals surface area (Å²) in [4.78, 5) is 15.4. The molecule has 12 heteroatoms. The largest absolute Gasteiger partial charge is 0.484 e. The number of thiocarbonyl (C=S) groups is 1. The van der Waals surface area contributed by atoms with Crippen molar-refractivity contribution < 1.29 is 32.2 Å². The maximum absolute atomic E-state index is 14.8. The van der Waals surface area contributed by atoms with Gasteiger partial charge in [-0.2, -0.15) is 18.4 Å². The standard InChI is InChI=1S/C22H18F4N4O3S/c1-21(2)19(32)29(17-7-14(22(24,25)26)11(8-27)5-15(17)23)20(34)30(21)12-3-4-18-16(6-12)28-9-13(10-31)33-18/h3-7,13,28,31H,9-10H2,1-2H3/t13-/m1/s1. The molecule has 0 spiro atoms. The fourth-order valence-electron chi connectivity index (χ4n) is 3.95. The summed E-state index contributed by atoms with van der Waals surface area (Å²) in [6.07, 6.45) is -5.37. The first kappa shape index (κ1) is 23.7. The summed E-state index contributed by atoms with van der Waals surface area (Å²) >= 11 is 5.44. The van der Waals surface area contributed by atoms with Gasteiger partial charge in [0.2, 0.25) is 0 Å². The minimum absolute atomic E-state index is 0.184. The number of rotatable bonds is 3. The molecule has 2 heterocycles. The van der Waals surface area contributed by atoms with Gasteiger partial charge in [0, 0.05) is 5.69 Å². The molecule has 1 amide bonds. The number of carbonyl (C=O) groups is 1. The number of anilines is 3. The van der Waals surface area contributed by atoms with Crippen LogP contribution in [-0.2, 0) is 11.0 Å². The van der Waals surface area contributed by atoms with E-state index in [0.29, 0.717) is 40.7 Å². The first-order chi connectivity index (χ1) is 15.9. The number of hydrogen-bond acceptors (Lipinski definition) is 6. The SMILES string of the molecule is CC1(C)C(=O)N(c2cc(C(F)(F)F)c(C#N)cc2F)C(=S)N1c1ccc2c(c1)NC[C@H](CO)O2. The summed E-state index contributed by atoms with van der Waals surface area (Å²) < 4.78 is 60.9. The van der Waals surface area contributed by atoms with Crippen LogP contribution in [0.3, 0.4) is 0 Å². The number of benzene rings is 2. The predicted molar refractivity (Wildman–Crippen MR) is 119 cm³/mol. The number of ether oxygens (including phenoxy) is 1. The van der Waals surface area contributed by atoms with Crippen molar-refractivity contribution in [1.29, 1.82) is 5.26 Å². The number of alkyl halides is 3. The molecule has 1 fully saturated rings. The van der Waals surface area contributed by atoms with Crippen molar-refractivity contribution in [1.82, 2.24) is 0 Å². The van der Waals surface area contributed by atoms with Crippen molar-refractivity contribution in [2.24, 2.45) is 0 Å². The van der Waals surface area contributed by atoms with Crippen molar-refractivity contribution in [2.75, 3.05) is 28.3 Å². The van der Waals surface area contributed by atoms with E-state index in [0.717, 1.165) is 0 Å². The molecule has 0 unspecified atom stereocenters. The van der Waals surface area contributed by atoms with Crippen molar-refractivity contribution in [3.05, 3.63) is 47.3 Å². The molecule has 2 N–H and O–H groups in total. The number of nitriles is 1. The van der Waals surface area contributed by atoms with E-state index in [1.165, 1.54) is 24.8 Å². The van der Waals surface area contributed by atoms with Gasteiger partial charge in [-0.1, -0.05) is 0 Å². The van der Waals surface area contributed by atoms with E-state index in [-0.39, 0.29) is 11.7 Å². The van der Waals surface area contributed by atoms with Crippen LogP contribution in [0.2, 0.25) is 0 Å². The number of halogens is 4. The van der Waals surface area contributed by atoms with E-state index >= 15 is 0 Å². The van der Waals surface area contributed by atoms with Gasteiger partial charge in [-0.15, -0.1) is 0 Å². The zero-order chi connectivity index (χ0) is 25.0. The van der Waals surface area contributed by atoms with Crippen LogP contribution in [-0.4, -0.2) is 40.9 Å². The first-order valence-corrected chi connectivity index (χ1v) is 10.5. The molecule has 0 radical (unpaired) electrons. The maximum Gasteiger partial charge on any atom is 0.417 e. The summed E-state index contributed by atoms with van der Waals surface area (Å²) in [5.74, 6) is -1.46. The molecule has 7 nitrogen and oxygen atoms in total. The second kappa shape index (κ2) is 8.11. The van der Waals surface area contributed by atoms with Crippen LogP contribution in [0, 0.1) is 17.1 Å². The quantitative estimate of drug-likeness (QED) is 0.496. The van der Waals surface area contributed by atoms with Gasteiger partial charge >= 0.3 is 6.18 Å². The van der Waals surface area contributed by atoms with Crippen LogP contribution in [0.1, 0.15) is 25.0 Å². The Morgan fingerprint density at radius 3 is 2.65 bits per heavy atom. The van der Waals surface area contributed by atoms with Crippen molar-refractivity contribution in [3.8, 4) is 11.8 Å². The van der Waals surface area contributed by atoms with E-state index in [1.807, 2.05) is 0 Å². The molecule has 1 saturated heterocycles. The number of aliphatic hydroxyl groups is 1. The van der Waals surface area contributed by atoms with Crippen LogP contribution >= 0.6 is 12.2 Å². The van der Waals surface area contributed by atoms with Crippen LogP contribution < -0.4 is 19.9 Å². The Hall–Kier alpha value is -3.43. The third-order valence-electron chi connectivity index (χ3n) is 5.66. The molecule has 0 aromatic heterocycles. The van der Waals surface area contributed by atoms with Gasteiger partial charge in [-0.25, -0.2) is 4.39 Å². The highest BCUT2D eigenvalue weighted by molar-refractivity contribution is 7.81. The minimum atomic E-state index is -4.94. The zero-order valence-corrected chi connectivity index (χ0v) is 18.7. The molecule has 1 atom stereocenters. The summed E-state index contributed by atoms with van der Waals surface area (Å²) in [7, 11) is 0. The summed E-state index contributed by atoms with van der Waals surface area (Å²) in [5, 5.41) is 21.2. The molecule has 34 heavy (non-hydrogen) atoms. The molecular formula is C22H18F4N4O3S. The normalized spacial score (nSPS) is 19.4. The zero-order valence-electron chi connectivity index (χ0n) is 17.9. The van der Waals surface area contributed by atoms with Gasteiger partial charge in [0.25, 0.3) is 5.91 Å². The molecule has 0 saturated carbocycles. The van der Waals surface area contributed by atoms with E-state index in [4.69, 9.17) is 22.2 Å². The molecule has 178 valence electrons. The van der Waals surface area contributed by atoms with Crippen molar-refractivity contribution >= 4 is 40.3 Å². The second-order valence-corrected chi connectivity index (χ2v) is 8.63. The van der Waals surface area contributed by atoms with E-state index in [9.17, 15) is 27.5 Å². The molecular weight excluding hydrogens is 476 g/mol. The molecule has 2 aromatic carbocycles. The third kappa shape index (κ3) is 3.70. The van der Waals surface area contributed by atoms with Crippen LogP contribution in [0.25, 0.3) is 0 Å². The molecule has 4 rings (SSSR count). The lowest BCUT2D eigenvalue weighted by molar-refractivity contribution is -0.137. The minimum Gasteiger partial charge on any atom is -0.484 e. The van der Waals surface area contributed by atoms with Gasteiger partial charge < -0.3 is 20.1 Å². The average molecular weight is 494 g/mol. The third-order valence-corrected chi connectivity index (χ3v) is 6.03. The molecule has 2 aromatic rings. The lowest BCUT2D eigenvalue weighted by Crippen LogP contribution is -2.44. The first-order valence-electron chi connectivity index (χ1n) is 10.0. The van der Waals surface area contributed by atoms with Crippen LogP contribution in [0.15, 0.2) is 30.3 Å².